The molecule has 8 N–H and O–H groups in total. The first-order valence-corrected chi connectivity index (χ1v) is 13.9. The number of rotatable bonds is 15. The minimum Gasteiger partial charge on any atom is -0.508 e. The number of aromatic hydroxyl groups is 1. The van der Waals surface area contributed by atoms with Crippen LogP contribution in [0.3, 0.4) is 0 Å². The van der Waals surface area contributed by atoms with Crippen LogP contribution in [0.5, 0.6) is 5.75 Å². The number of nitrogens with zero attached hydrogens (tertiary/aromatic N) is 1. The standard InChI is InChI=1S/C25H39N5O6S/c1-37-14-11-18(27)22(32)28-19(5-2-3-12-26)24(34)30-13-4-6-21(30)23(33)29-20(25(35)36)15-16-7-9-17(31)10-8-16/h7-10,18-21,31H,2-6,11-15,26-27H2,1H3,(H,28,32)(H,29,33)(H,35,36). The first kappa shape index (κ1) is 30.4. The predicted octanol–water partition coefficient (Wildman–Crippen LogP) is 0.189. The van der Waals surface area contributed by atoms with Crippen LogP contribution in [0.15, 0.2) is 24.3 Å². The number of aliphatic carboxylic acids is 1. The van der Waals surface area contributed by atoms with Gasteiger partial charge in [-0.15, -0.1) is 0 Å². The van der Waals surface area contributed by atoms with Crippen LogP contribution in [0, 0.1) is 0 Å². The van der Waals surface area contributed by atoms with Crippen LogP contribution in [-0.2, 0) is 25.6 Å². The zero-order valence-electron chi connectivity index (χ0n) is 21.2. The number of amides is 3. The fourth-order valence-corrected chi connectivity index (χ4v) is 4.73. The maximum Gasteiger partial charge on any atom is 0.326 e. The molecule has 1 aliphatic heterocycles. The molecule has 3 amide bonds. The molecule has 37 heavy (non-hydrogen) atoms. The lowest BCUT2D eigenvalue weighted by atomic mass is 10.0. The van der Waals surface area contributed by atoms with Gasteiger partial charge in [0.1, 0.15) is 23.9 Å². The van der Waals surface area contributed by atoms with E-state index in [-0.39, 0.29) is 18.1 Å². The highest BCUT2D eigenvalue weighted by Gasteiger charge is 2.39. The number of benzene rings is 1. The van der Waals surface area contributed by atoms with Crippen molar-refractivity contribution in [3.63, 3.8) is 0 Å². The van der Waals surface area contributed by atoms with E-state index in [1.165, 1.54) is 17.0 Å². The number of carboxylic acids is 1. The summed E-state index contributed by atoms with van der Waals surface area (Å²) in [6.45, 7) is 0.781. The fourth-order valence-electron chi connectivity index (χ4n) is 4.24. The zero-order valence-corrected chi connectivity index (χ0v) is 22.0. The molecule has 0 spiro atoms. The molecular weight excluding hydrogens is 498 g/mol. The Hall–Kier alpha value is -2.83. The molecule has 4 unspecified atom stereocenters. The average molecular weight is 538 g/mol. The Labute approximate surface area is 221 Å². The molecule has 4 atom stereocenters. The number of hydrogen-bond acceptors (Lipinski definition) is 8. The quantitative estimate of drug-likeness (QED) is 0.170. The lowest BCUT2D eigenvalue weighted by molar-refractivity contribution is -0.145. The summed E-state index contributed by atoms with van der Waals surface area (Å²) in [6, 6.07) is 2.42. The van der Waals surface area contributed by atoms with E-state index in [0.717, 1.165) is 0 Å². The number of carboxylic acid groups (broad SMARTS) is 1. The molecule has 0 aliphatic carbocycles. The van der Waals surface area contributed by atoms with Crippen molar-refractivity contribution in [2.24, 2.45) is 11.5 Å². The van der Waals surface area contributed by atoms with E-state index in [1.54, 1.807) is 23.9 Å². The van der Waals surface area contributed by atoms with Crippen molar-refractivity contribution >= 4 is 35.5 Å². The number of unbranched alkanes of at least 4 members (excludes halogenated alkanes) is 1. The Morgan fingerprint density at radius 2 is 1.81 bits per heavy atom. The molecule has 0 aromatic heterocycles. The van der Waals surface area contributed by atoms with Crippen LogP contribution < -0.4 is 22.1 Å². The van der Waals surface area contributed by atoms with Gasteiger partial charge in [-0.25, -0.2) is 4.79 Å². The number of phenols is 1. The molecule has 0 bridgehead atoms. The average Bonchev–Trinajstić information content (AvgIpc) is 3.37. The van der Waals surface area contributed by atoms with E-state index < -0.39 is 42.0 Å². The lowest BCUT2D eigenvalue weighted by Crippen LogP contribution is -2.57. The van der Waals surface area contributed by atoms with Gasteiger partial charge in [0, 0.05) is 13.0 Å². The molecule has 11 nitrogen and oxygen atoms in total. The highest BCUT2D eigenvalue weighted by Crippen LogP contribution is 2.21. The molecule has 1 aromatic carbocycles. The van der Waals surface area contributed by atoms with Gasteiger partial charge in [0.2, 0.25) is 17.7 Å². The van der Waals surface area contributed by atoms with Gasteiger partial charge >= 0.3 is 5.97 Å². The van der Waals surface area contributed by atoms with Gasteiger partial charge in [-0.2, -0.15) is 11.8 Å². The number of thioether (sulfide) groups is 1. The van der Waals surface area contributed by atoms with Gasteiger partial charge in [-0.05, 0) is 74.8 Å². The molecule has 1 aliphatic rings. The first-order valence-electron chi connectivity index (χ1n) is 12.5. The third-order valence-electron chi connectivity index (χ3n) is 6.36. The van der Waals surface area contributed by atoms with Crippen molar-refractivity contribution in [2.45, 2.75) is 69.1 Å². The van der Waals surface area contributed by atoms with Gasteiger partial charge in [0.15, 0.2) is 0 Å². The van der Waals surface area contributed by atoms with Crippen molar-refractivity contribution in [3.8, 4) is 5.75 Å². The fraction of sp³-hybridized carbons (Fsp3) is 0.600. The third kappa shape index (κ3) is 9.52. The molecule has 2 rings (SSSR count). The summed E-state index contributed by atoms with van der Waals surface area (Å²) < 4.78 is 0. The van der Waals surface area contributed by atoms with Crippen LogP contribution in [0.4, 0.5) is 0 Å². The summed E-state index contributed by atoms with van der Waals surface area (Å²) in [5, 5.41) is 24.4. The molecule has 12 heteroatoms. The van der Waals surface area contributed by atoms with Gasteiger partial charge in [-0.1, -0.05) is 12.1 Å². The molecule has 0 radical (unpaired) electrons. The predicted molar refractivity (Wildman–Crippen MR) is 142 cm³/mol. The lowest BCUT2D eigenvalue weighted by Gasteiger charge is -2.30. The first-order chi connectivity index (χ1) is 17.7. The maximum atomic E-state index is 13.5. The van der Waals surface area contributed by atoms with Crippen molar-refractivity contribution < 1.29 is 29.4 Å². The van der Waals surface area contributed by atoms with E-state index in [9.17, 15) is 29.4 Å². The summed E-state index contributed by atoms with van der Waals surface area (Å²) in [7, 11) is 0. The van der Waals surface area contributed by atoms with E-state index >= 15 is 0 Å². The van der Waals surface area contributed by atoms with Crippen molar-refractivity contribution in [3.05, 3.63) is 29.8 Å². The topological polar surface area (TPSA) is 188 Å². The van der Waals surface area contributed by atoms with E-state index in [4.69, 9.17) is 11.5 Å². The molecule has 0 saturated carbocycles. The summed E-state index contributed by atoms with van der Waals surface area (Å²) in [5.74, 6) is -1.79. The minimum absolute atomic E-state index is 0.0216. The number of carbonyl (C=O) groups excluding carboxylic acids is 3. The Balaban J connectivity index is 2.10. The summed E-state index contributed by atoms with van der Waals surface area (Å²) >= 11 is 1.57. The molecule has 1 heterocycles. The largest absolute Gasteiger partial charge is 0.508 e. The zero-order chi connectivity index (χ0) is 27.4. The summed E-state index contributed by atoms with van der Waals surface area (Å²) in [5.41, 5.74) is 12.2. The van der Waals surface area contributed by atoms with E-state index in [2.05, 4.69) is 10.6 Å². The van der Waals surface area contributed by atoms with Crippen LogP contribution in [-0.4, -0.2) is 88.1 Å². The van der Waals surface area contributed by atoms with Crippen LogP contribution >= 0.6 is 11.8 Å². The molecule has 206 valence electrons. The number of carbonyl (C=O) groups is 4. The SMILES string of the molecule is CSCCC(N)C(=O)NC(CCCCN)C(=O)N1CCCC1C(=O)NC(Cc1ccc(O)cc1)C(=O)O. The Morgan fingerprint density at radius 3 is 2.43 bits per heavy atom. The van der Waals surface area contributed by atoms with Crippen LogP contribution in [0.1, 0.15) is 44.1 Å². The van der Waals surface area contributed by atoms with E-state index in [1.807, 2.05) is 6.26 Å². The summed E-state index contributed by atoms with van der Waals surface area (Å²) in [6.07, 6.45) is 5.04. The summed E-state index contributed by atoms with van der Waals surface area (Å²) in [4.78, 5) is 52.5. The highest BCUT2D eigenvalue weighted by molar-refractivity contribution is 7.98. The minimum atomic E-state index is -1.21. The number of nitrogens with two attached hydrogens (primary N) is 2. The van der Waals surface area contributed by atoms with Crippen molar-refractivity contribution in [1.29, 1.82) is 0 Å². The molecule has 1 saturated heterocycles. The number of phenolic OH excluding ortho intramolecular Hbond substituents is 1. The number of likely N-dealkylation sites (tertiary alicyclic amines) is 1. The Bertz CT molecular complexity index is 915. The van der Waals surface area contributed by atoms with Gasteiger partial charge in [0.25, 0.3) is 0 Å². The molecule has 1 aromatic rings. The second kappa shape index (κ2) is 15.4. The monoisotopic (exact) mass is 537 g/mol. The second-order valence-corrected chi connectivity index (χ2v) is 10.2. The smallest absolute Gasteiger partial charge is 0.326 e. The molecular formula is C25H39N5O6S. The van der Waals surface area contributed by atoms with Crippen LogP contribution in [0.25, 0.3) is 0 Å². The Kier molecular flexibility index (Phi) is 12.7. The van der Waals surface area contributed by atoms with Crippen molar-refractivity contribution in [1.82, 2.24) is 15.5 Å². The molecule has 1 fully saturated rings. The second-order valence-electron chi connectivity index (χ2n) is 9.19. The normalized spacial score (nSPS) is 17.6. The Morgan fingerprint density at radius 1 is 1.11 bits per heavy atom. The highest BCUT2D eigenvalue weighted by atomic mass is 32.2. The van der Waals surface area contributed by atoms with Gasteiger partial charge in [-0.3, -0.25) is 14.4 Å². The van der Waals surface area contributed by atoms with E-state index in [0.29, 0.717) is 62.9 Å². The van der Waals surface area contributed by atoms with Gasteiger partial charge < -0.3 is 37.2 Å². The number of hydrogen-bond donors (Lipinski definition) is 6. The number of nitrogens with one attached hydrogen (secondary N) is 2. The van der Waals surface area contributed by atoms with Crippen LogP contribution in [0.2, 0.25) is 0 Å². The van der Waals surface area contributed by atoms with Crippen molar-refractivity contribution in [2.75, 3.05) is 25.1 Å². The third-order valence-corrected chi connectivity index (χ3v) is 7.00. The maximum absolute atomic E-state index is 13.5. The van der Waals surface area contributed by atoms with Gasteiger partial charge in [0.05, 0.1) is 6.04 Å².